The summed E-state index contributed by atoms with van der Waals surface area (Å²) in [6, 6.07) is 16.9. The van der Waals surface area contributed by atoms with Crippen LogP contribution in [0.4, 0.5) is 0 Å². The second-order valence-electron chi connectivity index (χ2n) is 4.86. The summed E-state index contributed by atoms with van der Waals surface area (Å²) in [5.74, 6) is 0. The molecule has 2 aliphatic rings. The summed E-state index contributed by atoms with van der Waals surface area (Å²) in [5, 5.41) is 0. The second kappa shape index (κ2) is 3.67. The molecule has 90 valence electrons. The minimum absolute atomic E-state index is 0.0334. The van der Waals surface area contributed by atoms with Gasteiger partial charge in [0.1, 0.15) is 12.2 Å². The molecule has 1 fully saturated rings. The summed E-state index contributed by atoms with van der Waals surface area (Å²) in [7, 11) is 0. The van der Waals surface area contributed by atoms with Gasteiger partial charge in [-0.1, -0.05) is 48.5 Å². The molecule has 2 atom stereocenters. The van der Waals surface area contributed by atoms with Crippen molar-refractivity contribution in [2.45, 2.75) is 25.4 Å². The Morgan fingerprint density at radius 2 is 1.17 bits per heavy atom. The van der Waals surface area contributed by atoms with Crippen LogP contribution in [0.15, 0.2) is 48.5 Å². The second-order valence-corrected chi connectivity index (χ2v) is 4.86. The van der Waals surface area contributed by atoms with Crippen LogP contribution in [0.2, 0.25) is 0 Å². The van der Waals surface area contributed by atoms with Gasteiger partial charge in [-0.25, -0.2) is 0 Å². The van der Waals surface area contributed by atoms with Crippen molar-refractivity contribution in [1.82, 2.24) is 0 Å². The highest BCUT2D eigenvalue weighted by Crippen LogP contribution is 2.51. The van der Waals surface area contributed by atoms with E-state index in [-0.39, 0.29) is 18.5 Å². The molecule has 0 bridgehead atoms. The summed E-state index contributed by atoms with van der Waals surface area (Å²) in [5.41, 5.74) is 5.02. The maximum Gasteiger partial charge on any atom is 0.156 e. The van der Waals surface area contributed by atoms with Crippen molar-refractivity contribution in [3.8, 4) is 11.1 Å². The SMILES string of the molecule is CC1O[C@H]2c3ccccc3-c3ccccc3[C@@H]2O1. The predicted octanol–water partition coefficient (Wildman–Crippen LogP) is 3.84. The van der Waals surface area contributed by atoms with E-state index in [2.05, 4.69) is 48.5 Å². The molecular weight excluding hydrogens is 224 g/mol. The third kappa shape index (κ3) is 1.30. The van der Waals surface area contributed by atoms with E-state index in [1.807, 2.05) is 6.92 Å². The summed E-state index contributed by atoms with van der Waals surface area (Å²) in [4.78, 5) is 0. The zero-order chi connectivity index (χ0) is 12.1. The topological polar surface area (TPSA) is 18.5 Å². The lowest BCUT2D eigenvalue weighted by Crippen LogP contribution is -2.14. The molecule has 2 nitrogen and oxygen atoms in total. The monoisotopic (exact) mass is 238 g/mol. The Bertz CT molecular complexity index is 552. The maximum absolute atomic E-state index is 5.93. The van der Waals surface area contributed by atoms with Crippen LogP contribution in [0.1, 0.15) is 30.3 Å². The standard InChI is InChI=1S/C16H14O2/c1-10-17-15-13-8-4-2-6-11(13)12-7-3-5-9-14(12)16(15)18-10/h2-10,15-16H,1H3/t15-,16-/m0/s1. The zero-order valence-corrected chi connectivity index (χ0v) is 10.2. The Hall–Kier alpha value is -1.64. The minimum Gasteiger partial charge on any atom is -0.342 e. The highest BCUT2D eigenvalue weighted by Gasteiger charge is 2.41. The van der Waals surface area contributed by atoms with E-state index in [0.29, 0.717) is 0 Å². The fraction of sp³-hybridized carbons (Fsp3) is 0.250. The molecule has 1 aliphatic heterocycles. The molecule has 0 aromatic heterocycles. The van der Waals surface area contributed by atoms with Gasteiger partial charge >= 0.3 is 0 Å². The Balaban J connectivity index is 2.00. The van der Waals surface area contributed by atoms with Gasteiger partial charge in [0.05, 0.1) is 0 Å². The molecular formula is C16H14O2. The van der Waals surface area contributed by atoms with Crippen molar-refractivity contribution in [2.75, 3.05) is 0 Å². The highest BCUT2D eigenvalue weighted by atomic mass is 16.7. The molecule has 0 N–H and O–H groups in total. The number of ether oxygens (including phenoxy) is 2. The first-order valence-corrected chi connectivity index (χ1v) is 6.34. The van der Waals surface area contributed by atoms with Crippen molar-refractivity contribution in [2.24, 2.45) is 0 Å². The zero-order valence-electron chi connectivity index (χ0n) is 10.2. The normalized spacial score (nSPS) is 25.4. The molecule has 2 heteroatoms. The Labute approximate surface area is 106 Å². The highest BCUT2D eigenvalue weighted by molar-refractivity contribution is 5.74. The molecule has 0 radical (unpaired) electrons. The van der Waals surface area contributed by atoms with Crippen molar-refractivity contribution < 1.29 is 9.47 Å². The molecule has 18 heavy (non-hydrogen) atoms. The van der Waals surface area contributed by atoms with Crippen molar-refractivity contribution in [1.29, 1.82) is 0 Å². The van der Waals surface area contributed by atoms with E-state index in [1.165, 1.54) is 22.3 Å². The van der Waals surface area contributed by atoms with Crippen LogP contribution in [0.3, 0.4) is 0 Å². The van der Waals surface area contributed by atoms with Crippen LogP contribution >= 0.6 is 0 Å². The minimum atomic E-state index is -0.140. The third-order valence-corrected chi connectivity index (χ3v) is 3.78. The van der Waals surface area contributed by atoms with E-state index in [4.69, 9.17) is 9.47 Å². The van der Waals surface area contributed by atoms with Crippen molar-refractivity contribution in [3.05, 3.63) is 59.7 Å². The summed E-state index contributed by atoms with van der Waals surface area (Å²) >= 11 is 0. The smallest absolute Gasteiger partial charge is 0.156 e. The fourth-order valence-electron chi connectivity index (χ4n) is 3.04. The van der Waals surface area contributed by atoms with Gasteiger partial charge < -0.3 is 9.47 Å². The van der Waals surface area contributed by atoms with Crippen LogP contribution in [-0.2, 0) is 9.47 Å². The first-order valence-electron chi connectivity index (χ1n) is 6.34. The van der Waals surface area contributed by atoms with Gasteiger partial charge in [0.15, 0.2) is 6.29 Å². The lowest BCUT2D eigenvalue weighted by atomic mass is 9.82. The van der Waals surface area contributed by atoms with E-state index < -0.39 is 0 Å². The van der Waals surface area contributed by atoms with E-state index >= 15 is 0 Å². The van der Waals surface area contributed by atoms with Gasteiger partial charge in [-0.3, -0.25) is 0 Å². The molecule has 1 aliphatic carbocycles. The predicted molar refractivity (Wildman–Crippen MR) is 69.0 cm³/mol. The maximum atomic E-state index is 5.93. The molecule has 2 aromatic carbocycles. The van der Waals surface area contributed by atoms with Gasteiger partial charge in [-0.2, -0.15) is 0 Å². The first-order chi connectivity index (χ1) is 8.84. The van der Waals surface area contributed by atoms with E-state index in [1.54, 1.807) is 0 Å². The summed E-state index contributed by atoms with van der Waals surface area (Å²) < 4.78 is 11.9. The van der Waals surface area contributed by atoms with Gasteiger partial charge in [-0.15, -0.1) is 0 Å². The van der Waals surface area contributed by atoms with Crippen LogP contribution in [-0.4, -0.2) is 6.29 Å². The van der Waals surface area contributed by atoms with E-state index in [9.17, 15) is 0 Å². The van der Waals surface area contributed by atoms with Crippen LogP contribution in [0.5, 0.6) is 0 Å². The van der Waals surface area contributed by atoms with Gasteiger partial charge in [0.2, 0.25) is 0 Å². The number of benzene rings is 2. The fourth-order valence-corrected chi connectivity index (χ4v) is 3.04. The molecule has 0 unspecified atom stereocenters. The largest absolute Gasteiger partial charge is 0.342 e. The average Bonchev–Trinajstić information content (AvgIpc) is 2.81. The van der Waals surface area contributed by atoms with Crippen molar-refractivity contribution >= 4 is 0 Å². The Morgan fingerprint density at radius 3 is 1.67 bits per heavy atom. The molecule has 0 spiro atoms. The van der Waals surface area contributed by atoms with Gasteiger partial charge in [0, 0.05) is 0 Å². The molecule has 1 heterocycles. The van der Waals surface area contributed by atoms with Gasteiger partial charge in [0.25, 0.3) is 0 Å². The Morgan fingerprint density at radius 1 is 0.722 bits per heavy atom. The van der Waals surface area contributed by atoms with Crippen LogP contribution in [0.25, 0.3) is 11.1 Å². The quantitative estimate of drug-likeness (QED) is 0.694. The molecule has 1 saturated heterocycles. The van der Waals surface area contributed by atoms with Crippen LogP contribution < -0.4 is 0 Å². The number of hydrogen-bond donors (Lipinski definition) is 0. The third-order valence-electron chi connectivity index (χ3n) is 3.78. The lowest BCUT2D eigenvalue weighted by molar-refractivity contribution is -0.0511. The summed E-state index contributed by atoms with van der Waals surface area (Å²) in [6.07, 6.45) is -0.0728. The molecule has 2 aromatic rings. The number of rotatable bonds is 0. The van der Waals surface area contributed by atoms with E-state index in [0.717, 1.165) is 0 Å². The number of hydrogen-bond acceptors (Lipinski definition) is 2. The lowest BCUT2D eigenvalue weighted by Gasteiger charge is -2.28. The molecule has 0 amide bonds. The van der Waals surface area contributed by atoms with Crippen molar-refractivity contribution in [3.63, 3.8) is 0 Å². The Kier molecular flexibility index (Phi) is 2.10. The first kappa shape index (κ1) is 10.3. The average molecular weight is 238 g/mol. The molecule has 0 saturated carbocycles. The molecule has 4 rings (SSSR count). The number of fused-ring (bicyclic) bond motifs is 6. The van der Waals surface area contributed by atoms with Crippen LogP contribution in [0, 0.1) is 0 Å². The van der Waals surface area contributed by atoms with Gasteiger partial charge in [-0.05, 0) is 29.2 Å². The summed E-state index contributed by atoms with van der Waals surface area (Å²) in [6.45, 7) is 1.96.